The van der Waals surface area contributed by atoms with Gasteiger partial charge in [0.15, 0.2) is 0 Å². The van der Waals surface area contributed by atoms with Crippen molar-refractivity contribution in [1.29, 1.82) is 0 Å². The number of nitrogens with zero attached hydrogens (tertiary/aromatic N) is 3. The van der Waals surface area contributed by atoms with E-state index in [1.807, 2.05) is 13.8 Å². The van der Waals surface area contributed by atoms with Crippen molar-refractivity contribution in [3.05, 3.63) is 42.6 Å². The van der Waals surface area contributed by atoms with Crippen LogP contribution < -0.4 is 11.1 Å². The zero-order valence-corrected chi connectivity index (χ0v) is 14.9. The molecule has 23 heavy (non-hydrogen) atoms. The molecule has 2 rings (SSSR count). The largest absolute Gasteiger partial charge is 0.345 e. The molecule has 2 aromatic heterocycles. The fourth-order valence-electron chi connectivity index (χ4n) is 2.15. The second-order valence-electron chi connectivity index (χ2n) is 5.02. The van der Waals surface area contributed by atoms with E-state index < -0.39 is 0 Å². The molecule has 128 valence electrons. The van der Waals surface area contributed by atoms with Crippen LogP contribution in [0.25, 0.3) is 5.82 Å². The molecule has 0 aliphatic carbocycles. The molecule has 0 saturated heterocycles. The van der Waals surface area contributed by atoms with E-state index in [1.165, 1.54) is 0 Å². The molecule has 0 unspecified atom stereocenters. The third-order valence-corrected chi connectivity index (χ3v) is 3.90. The number of hydrogen-bond donors (Lipinski definition) is 2. The van der Waals surface area contributed by atoms with Crippen LogP contribution in [-0.2, 0) is 0 Å². The van der Waals surface area contributed by atoms with Crippen molar-refractivity contribution < 1.29 is 4.79 Å². The third kappa shape index (κ3) is 4.92. The standard InChI is InChI=1S/C15H21N5O.2ClH/c1-3-15(4-2,10-16)19-14(21)12-5-6-13(18-9-12)20-8-7-17-11-20;;/h5-9,11H,3-4,10,16H2,1-2H3,(H,19,21);2*1H. The molecule has 0 saturated carbocycles. The van der Waals surface area contributed by atoms with Crippen molar-refractivity contribution in [3.8, 4) is 5.82 Å². The lowest BCUT2D eigenvalue weighted by Crippen LogP contribution is -2.52. The molecule has 2 aromatic rings. The summed E-state index contributed by atoms with van der Waals surface area (Å²) >= 11 is 0. The molecule has 0 aliphatic heterocycles. The highest BCUT2D eigenvalue weighted by Gasteiger charge is 2.26. The number of pyridine rings is 1. The first kappa shape index (κ1) is 21.4. The van der Waals surface area contributed by atoms with E-state index in [2.05, 4.69) is 15.3 Å². The number of carbonyl (C=O) groups excluding carboxylic acids is 1. The van der Waals surface area contributed by atoms with Gasteiger partial charge >= 0.3 is 0 Å². The summed E-state index contributed by atoms with van der Waals surface area (Å²) in [4.78, 5) is 20.6. The predicted octanol–water partition coefficient (Wildman–Crippen LogP) is 2.36. The minimum atomic E-state index is -0.347. The number of nitrogens with two attached hydrogens (primary N) is 1. The highest BCUT2D eigenvalue weighted by molar-refractivity contribution is 5.94. The number of amides is 1. The van der Waals surface area contributed by atoms with Crippen LogP contribution >= 0.6 is 24.8 Å². The molecule has 6 nitrogen and oxygen atoms in total. The topological polar surface area (TPSA) is 85.8 Å². The SMILES string of the molecule is CCC(CC)(CN)NC(=O)c1ccc(-n2ccnc2)nc1.Cl.Cl. The van der Waals surface area contributed by atoms with Crippen molar-refractivity contribution in [3.63, 3.8) is 0 Å². The average Bonchev–Trinajstić information content (AvgIpc) is 3.07. The minimum Gasteiger partial charge on any atom is -0.345 e. The van der Waals surface area contributed by atoms with Gasteiger partial charge in [-0.25, -0.2) is 9.97 Å². The summed E-state index contributed by atoms with van der Waals surface area (Å²) in [5.74, 6) is 0.578. The number of halogens is 2. The van der Waals surface area contributed by atoms with E-state index in [9.17, 15) is 4.79 Å². The molecule has 0 radical (unpaired) electrons. The first-order valence-electron chi connectivity index (χ1n) is 7.11. The van der Waals surface area contributed by atoms with Gasteiger partial charge < -0.3 is 11.1 Å². The molecule has 2 heterocycles. The van der Waals surface area contributed by atoms with Gasteiger partial charge in [-0.2, -0.15) is 0 Å². The van der Waals surface area contributed by atoms with Gasteiger partial charge in [0.05, 0.1) is 11.1 Å². The summed E-state index contributed by atoms with van der Waals surface area (Å²) in [7, 11) is 0. The maximum absolute atomic E-state index is 12.3. The number of rotatable bonds is 6. The predicted molar refractivity (Wildman–Crippen MR) is 95.7 cm³/mol. The van der Waals surface area contributed by atoms with E-state index in [0.717, 1.165) is 18.7 Å². The van der Waals surface area contributed by atoms with Gasteiger partial charge in [0.2, 0.25) is 0 Å². The second-order valence-corrected chi connectivity index (χ2v) is 5.02. The number of carbonyl (C=O) groups is 1. The quantitative estimate of drug-likeness (QED) is 0.828. The van der Waals surface area contributed by atoms with Gasteiger partial charge in [-0.15, -0.1) is 24.8 Å². The van der Waals surface area contributed by atoms with Gasteiger partial charge in [0.25, 0.3) is 5.91 Å². The van der Waals surface area contributed by atoms with Gasteiger partial charge in [-0.3, -0.25) is 9.36 Å². The normalized spacial score (nSPS) is 10.4. The van der Waals surface area contributed by atoms with Gasteiger partial charge in [-0.1, -0.05) is 13.8 Å². The Kier molecular flexibility index (Phi) is 8.82. The Morgan fingerprint density at radius 3 is 2.43 bits per heavy atom. The Morgan fingerprint density at radius 2 is 2.00 bits per heavy atom. The Hall–Kier alpha value is -1.63. The Balaban J connectivity index is 0.00000242. The summed E-state index contributed by atoms with van der Waals surface area (Å²) in [5.41, 5.74) is 5.98. The summed E-state index contributed by atoms with van der Waals surface area (Å²) in [6.45, 7) is 4.47. The summed E-state index contributed by atoms with van der Waals surface area (Å²) in [5, 5.41) is 3.03. The van der Waals surface area contributed by atoms with Crippen LogP contribution in [0.3, 0.4) is 0 Å². The van der Waals surface area contributed by atoms with Crippen LogP contribution in [0, 0.1) is 0 Å². The molecule has 0 fully saturated rings. The van der Waals surface area contributed by atoms with Gasteiger partial charge in [0, 0.05) is 25.1 Å². The Morgan fingerprint density at radius 1 is 1.30 bits per heavy atom. The summed E-state index contributed by atoms with van der Waals surface area (Å²) in [6, 6.07) is 3.54. The smallest absolute Gasteiger partial charge is 0.253 e. The minimum absolute atomic E-state index is 0. The molecule has 0 aliphatic rings. The Bertz CT molecular complexity index is 574. The first-order valence-corrected chi connectivity index (χ1v) is 7.11. The van der Waals surface area contributed by atoms with Crippen LogP contribution in [0.4, 0.5) is 0 Å². The number of hydrogen-bond acceptors (Lipinski definition) is 4. The highest BCUT2D eigenvalue weighted by atomic mass is 35.5. The fraction of sp³-hybridized carbons (Fsp3) is 0.400. The maximum Gasteiger partial charge on any atom is 0.253 e. The maximum atomic E-state index is 12.3. The van der Waals surface area contributed by atoms with Gasteiger partial charge in [0.1, 0.15) is 12.1 Å². The lowest BCUT2D eigenvalue weighted by molar-refractivity contribution is 0.0895. The van der Waals surface area contributed by atoms with E-state index >= 15 is 0 Å². The van der Waals surface area contributed by atoms with Crippen LogP contribution in [0.2, 0.25) is 0 Å². The van der Waals surface area contributed by atoms with Crippen LogP contribution in [0.1, 0.15) is 37.0 Å². The highest BCUT2D eigenvalue weighted by Crippen LogP contribution is 2.14. The molecule has 1 amide bonds. The van der Waals surface area contributed by atoms with Crippen molar-refractivity contribution in [2.75, 3.05) is 6.54 Å². The molecular weight excluding hydrogens is 337 g/mol. The van der Waals surface area contributed by atoms with E-state index in [-0.39, 0.29) is 36.3 Å². The van der Waals surface area contributed by atoms with Gasteiger partial charge in [-0.05, 0) is 25.0 Å². The number of nitrogens with one attached hydrogen (secondary N) is 1. The molecule has 0 aromatic carbocycles. The van der Waals surface area contributed by atoms with Crippen molar-refractivity contribution in [2.45, 2.75) is 32.2 Å². The fourth-order valence-corrected chi connectivity index (χ4v) is 2.15. The molecular formula is C15H23Cl2N5O. The van der Waals surface area contributed by atoms with E-state index in [4.69, 9.17) is 5.73 Å². The lowest BCUT2D eigenvalue weighted by atomic mass is 9.92. The molecule has 0 bridgehead atoms. The monoisotopic (exact) mass is 359 g/mol. The number of imidazole rings is 1. The molecule has 0 spiro atoms. The van der Waals surface area contributed by atoms with Crippen molar-refractivity contribution >= 4 is 30.7 Å². The summed E-state index contributed by atoms with van der Waals surface area (Å²) < 4.78 is 1.78. The van der Waals surface area contributed by atoms with E-state index in [1.54, 1.807) is 41.6 Å². The van der Waals surface area contributed by atoms with Crippen LogP contribution in [-0.4, -0.2) is 32.5 Å². The van der Waals surface area contributed by atoms with Crippen molar-refractivity contribution in [2.24, 2.45) is 5.73 Å². The van der Waals surface area contributed by atoms with Crippen molar-refractivity contribution in [1.82, 2.24) is 19.9 Å². The average molecular weight is 360 g/mol. The molecule has 3 N–H and O–H groups in total. The Labute approximate surface area is 148 Å². The molecule has 0 atom stereocenters. The van der Waals surface area contributed by atoms with Crippen LogP contribution in [0.5, 0.6) is 0 Å². The first-order chi connectivity index (χ1) is 10.1. The third-order valence-electron chi connectivity index (χ3n) is 3.90. The lowest BCUT2D eigenvalue weighted by Gasteiger charge is -2.31. The molecule has 8 heteroatoms. The van der Waals surface area contributed by atoms with E-state index in [0.29, 0.717) is 12.1 Å². The number of aromatic nitrogens is 3. The summed E-state index contributed by atoms with van der Waals surface area (Å²) in [6.07, 6.45) is 8.31. The zero-order chi connectivity index (χ0) is 15.3. The second kappa shape index (κ2) is 9.50. The zero-order valence-electron chi connectivity index (χ0n) is 13.2. The van der Waals surface area contributed by atoms with Crippen LogP contribution in [0.15, 0.2) is 37.1 Å².